The van der Waals surface area contributed by atoms with E-state index in [0.717, 1.165) is 116 Å². The molecule has 0 saturated heterocycles. The Morgan fingerprint density at radius 1 is 0.288 bits per heavy atom. The summed E-state index contributed by atoms with van der Waals surface area (Å²) in [5.41, 5.74) is 0. The third-order valence-electron chi connectivity index (χ3n) is 12.8. The molecule has 6 heteroatoms. The SMILES string of the molecule is CC/C=C\C/C=C\C/C=C\C/C=C\C/C=C\C/C=C\CCCCC(=O)OC(COC(=O)CCCCCCC)COC(=O)CCCCCCCCCCCCCCCC/C=C\C/C=C\C/C=C\CCCCCCC. The minimum absolute atomic E-state index is 0.0964. The summed E-state index contributed by atoms with van der Waals surface area (Å²) >= 11 is 0. The van der Waals surface area contributed by atoms with E-state index in [1.807, 2.05) is 0 Å². The molecule has 1 unspecified atom stereocenters. The first-order valence-electron chi connectivity index (χ1n) is 30.4. The van der Waals surface area contributed by atoms with Crippen molar-refractivity contribution < 1.29 is 28.6 Å². The van der Waals surface area contributed by atoms with Crippen molar-refractivity contribution in [3.63, 3.8) is 0 Å². The smallest absolute Gasteiger partial charge is 0.306 e. The van der Waals surface area contributed by atoms with Gasteiger partial charge in [-0.05, 0) is 109 Å². The zero-order valence-corrected chi connectivity index (χ0v) is 47.6. The number of allylic oxidation sites excluding steroid dienone is 18. The van der Waals surface area contributed by atoms with Crippen LogP contribution in [0.1, 0.15) is 278 Å². The van der Waals surface area contributed by atoms with Gasteiger partial charge in [0.05, 0.1) is 0 Å². The second kappa shape index (κ2) is 60.6. The lowest BCUT2D eigenvalue weighted by Gasteiger charge is -2.18. The van der Waals surface area contributed by atoms with E-state index in [9.17, 15) is 14.4 Å². The Morgan fingerprint density at radius 2 is 0.534 bits per heavy atom. The predicted molar refractivity (Wildman–Crippen MR) is 316 cm³/mol. The average Bonchev–Trinajstić information content (AvgIpc) is 3.39. The first kappa shape index (κ1) is 69.1. The summed E-state index contributed by atoms with van der Waals surface area (Å²) in [5.74, 6) is -0.954. The Kier molecular flexibility index (Phi) is 57.4. The molecule has 0 N–H and O–H groups in total. The van der Waals surface area contributed by atoms with Crippen LogP contribution in [0.3, 0.4) is 0 Å². The molecule has 73 heavy (non-hydrogen) atoms. The van der Waals surface area contributed by atoms with Crippen LogP contribution in [0.25, 0.3) is 0 Å². The van der Waals surface area contributed by atoms with Crippen molar-refractivity contribution in [2.75, 3.05) is 13.2 Å². The van der Waals surface area contributed by atoms with Crippen molar-refractivity contribution in [3.8, 4) is 0 Å². The molecule has 0 aliphatic carbocycles. The van der Waals surface area contributed by atoms with Gasteiger partial charge in [-0.2, -0.15) is 0 Å². The molecule has 416 valence electrons. The molecule has 0 spiro atoms. The van der Waals surface area contributed by atoms with Gasteiger partial charge >= 0.3 is 17.9 Å². The van der Waals surface area contributed by atoms with Gasteiger partial charge in [0.2, 0.25) is 0 Å². The lowest BCUT2D eigenvalue weighted by molar-refractivity contribution is -0.167. The van der Waals surface area contributed by atoms with E-state index in [1.54, 1.807) is 0 Å². The fourth-order valence-electron chi connectivity index (χ4n) is 8.22. The topological polar surface area (TPSA) is 78.9 Å². The van der Waals surface area contributed by atoms with Crippen LogP contribution < -0.4 is 0 Å². The number of ether oxygens (including phenoxy) is 3. The van der Waals surface area contributed by atoms with Crippen molar-refractivity contribution in [1.82, 2.24) is 0 Å². The van der Waals surface area contributed by atoms with Gasteiger partial charge in [-0.3, -0.25) is 14.4 Å². The number of hydrogen-bond donors (Lipinski definition) is 0. The van der Waals surface area contributed by atoms with Gasteiger partial charge in [-0.15, -0.1) is 0 Å². The van der Waals surface area contributed by atoms with Crippen LogP contribution in [0, 0.1) is 0 Å². The first-order valence-corrected chi connectivity index (χ1v) is 30.4. The van der Waals surface area contributed by atoms with E-state index < -0.39 is 6.10 Å². The zero-order valence-electron chi connectivity index (χ0n) is 47.6. The summed E-state index contributed by atoms with van der Waals surface area (Å²) in [4.78, 5) is 37.8. The number of unbranched alkanes of at least 4 members (excludes halogenated alkanes) is 25. The molecule has 0 aromatic heterocycles. The molecule has 0 radical (unpaired) electrons. The van der Waals surface area contributed by atoms with E-state index in [-0.39, 0.29) is 37.5 Å². The second-order valence-electron chi connectivity index (χ2n) is 19.9. The monoisotopic (exact) mass is 1010 g/mol. The Morgan fingerprint density at radius 3 is 0.863 bits per heavy atom. The molecule has 0 rings (SSSR count). The molecule has 0 amide bonds. The van der Waals surface area contributed by atoms with Crippen LogP contribution in [0.2, 0.25) is 0 Å². The highest BCUT2D eigenvalue weighted by atomic mass is 16.6. The highest BCUT2D eigenvalue weighted by molar-refractivity contribution is 5.71. The van der Waals surface area contributed by atoms with Gasteiger partial charge in [0.25, 0.3) is 0 Å². The fraction of sp³-hybridized carbons (Fsp3) is 0.687. The van der Waals surface area contributed by atoms with Crippen LogP contribution in [-0.4, -0.2) is 37.2 Å². The molecule has 1 atom stereocenters. The van der Waals surface area contributed by atoms with Crippen molar-refractivity contribution in [1.29, 1.82) is 0 Å². The predicted octanol–water partition coefficient (Wildman–Crippen LogP) is 20.7. The third-order valence-corrected chi connectivity index (χ3v) is 12.8. The highest BCUT2D eigenvalue weighted by Crippen LogP contribution is 2.15. The molecule has 0 saturated carbocycles. The fourth-order valence-corrected chi connectivity index (χ4v) is 8.22. The van der Waals surface area contributed by atoms with Crippen molar-refractivity contribution in [2.24, 2.45) is 0 Å². The number of rotatable bonds is 54. The lowest BCUT2D eigenvalue weighted by Crippen LogP contribution is -2.30. The van der Waals surface area contributed by atoms with Gasteiger partial charge in [0, 0.05) is 19.3 Å². The molecule has 6 nitrogen and oxygen atoms in total. The van der Waals surface area contributed by atoms with Gasteiger partial charge in [0.1, 0.15) is 13.2 Å². The minimum atomic E-state index is -0.799. The van der Waals surface area contributed by atoms with E-state index >= 15 is 0 Å². The molecule has 0 fully saturated rings. The molecule has 0 heterocycles. The normalized spacial score (nSPS) is 12.9. The first-order chi connectivity index (χ1) is 36.0. The second-order valence-corrected chi connectivity index (χ2v) is 19.9. The van der Waals surface area contributed by atoms with Crippen LogP contribution in [0.5, 0.6) is 0 Å². The van der Waals surface area contributed by atoms with Crippen LogP contribution in [0.15, 0.2) is 109 Å². The summed E-state index contributed by atoms with van der Waals surface area (Å²) in [7, 11) is 0. The highest BCUT2D eigenvalue weighted by Gasteiger charge is 2.19. The number of carbonyl (C=O) groups excluding carboxylic acids is 3. The molecular weight excluding hydrogens is 901 g/mol. The van der Waals surface area contributed by atoms with Crippen molar-refractivity contribution >= 4 is 17.9 Å². The maximum Gasteiger partial charge on any atom is 0.306 e. The maximum atomic E-state index is 12.8. The third kappa shape index (κ3) is 58.8. The Bertz CT molecular complexity index is 1490. The molecule has 0 bridgehead atoms. The molecular formula is C67H112O6. The Balaban J connectivity index is 4.11. The summed E-state index contributed by atoms with van der Waals surface area (Å²) in [6.07, 6.45) is 82.9. The van der Waals surface area contributed by atoms with E-state index in [4.69, 9.17) is 14.2 Å². The van der Waals surface area contributed by atoms with Gasteiger partial charge in [-0.1, -0.05) is 259 Å². The summed E-state index contributed by atoms with van der Waals surface area (Å²) in [5, 5.41) is 0. The van der Waals surface area contributed by atoms with Crippen LogP contribution >= 0.6 is 0 Å². The number of esters is 3. The zero-order chi connectivity index (χ0) is 52.9. The quantitative estimate of drug-likeness (QED) is 0.0261. The maximum absolute atomic E-state index is 12.8. The Labute approximate surface area is 450 Å². The number of hydrogen-bond acceptors (Lipinski definition) is 6. The minimum Gasteiger partial charge on any atom is -0.462 e. The van der Waals surface area contributed by atoms with Crippen LogP contribution in [-0.2, 0) is 28.6 Å². The standard InChI is InChI=1S/C67H112O6/c1-4-7-10-13-15-17-19-21-23-25-27-29-30-31-32-33-34-35-36-38-39-41-43-45-47-49-51-54-57-60-66(69)72-63-64(62-71-65(68)59-56-53-12-9-6-3)73-67(70)61-58-55-52-50-48-46-44-42-40-37-28-26-24-22-20-18-16-14-11-8-5-2/h8,11,16,18-19,21-22,24-25,27-28,30-31,37,42,44,48,50,64H,4-7,9-10,12-15,17,20,23,26,29,32-36,38-41,43,45-47,49,51-63H2,1-3H3/b11-8-,18-16-,21-19-,24-22-,27-25-,31-30-,37-28-,44-42-,50-48-. The molecule has 0 aromatic carbocycles. The van der Waals surface area contributed by atoms with Gasteiger partial charge < -0.3 is 14.2 Å². The van der Waals surface area contributed by atoms with Crippen LogP contribution in [0.4, 0.5) is 0 Å². The van der Waals surface area contributed by atoms with Crippen molar-refractivity contribution in [2.45, 2.75) is 284 Å². The van der Waals surface area contributed by atoms with E-state index in [2.05, 4.69) is 130 Å². The van der Waals surface area contributed by atoms with Gasteiger partial charge in [0.15, 0.2) is 6.10 Å². The van der Waals surface area contributed by atoms with Crippen molar-refractivity contribution in [3.05, 3.63) is 109 Å². The largest absolute Gasteiger partial charge is 0.462 e. The summed E-state index contributed by atoms with van der Waals surface area (Å²) in [6.45, 7) is 6.40. The van der Waals surface area contributed by atoms with E-state index in [0.29, 0.717) is 19.3 Å². The Hall–Kier alpha value is -3.93. The summed E-state index contributed by atoms with van der Waals surface area (Å²) < 4.78 is 16.7. The molecule has 0 aliphatic rings. The number of carbonyl (C=O) groups is 3. The lowest BCUT2D eigenvalue weighted by atomic mass is 10.0. The average molecular weight is 1010 g/mol. The van der Waals surface area contributed by atoms with Gasteiger partial charge in [-0.25, -0.2) is 0 Å². The molecule has 0 aliphatic heterocycles. The van der Waals surface area contributed by atoms with E-state index in [1.165, 1.54) is 116 Å². The summed E-state index contributed by atoms with van der Waals surface area (Å²) in [6, 6.07) is 0. The molecule has 0 aromatic rings.